The first-order valence-electron chi connectivity index (χ1n) is 6.39. The number of hydrogen-bond donors (Lipinski definition) is 2. The monoisotopic (exact) mass is 496 g/mol. The topological polar surface area (TPSA) is 49.7 Å². The van der Waals surface area contributed by atoms with Crippen molar-refractivity contribution in [3.05, 3.63) is 0 Å². The summed E-state index contributed by atoms with van der Waals surface area (Å²) in [6.45, 7) is -2.88. The first-order valence-corrected chi connectivity index (χ1v) is 6.39. The predicted octanol–water partition coefficient (Wildman–Crippen LogP) is 4.28. The molecule has 30 heavy (non-hydrogen) atoms. The molecule has 0 fully saturated rings. The maximum atomic E-state index is 14.0. The summed E-state index contributed by atoms with van der Waals surface area (Å²) < 4.78 is 217. The van der Waals surface area contributed by atoms with Crippen LogP contribution in [0.5, 0.6) is 0 Å². The first kappa shape index (κ1) is 28.7. The molecule has 0 saturated carbocycles. The van der Waals surface area contributed by atoms with E-state index in [0.29, 0.717) is 0 Å². The van der Waals surface area contributed by atoms with E-state index in [-0.39, 0.29) is 0 Å². The lowest BCUT2D eigenvalue weighted by atomic mass is 9.97. The molecule has 0 aliphatic rings. The molecule has 0 aliphatic carbocycles. The Morgan fingerprint density at radius 1 is 0.533 bits per heavy atom. The summed E-state index contributed by atoms with van der Waals surface area (Å²) in [5.41, 5.74) is 0. The van der Waals surface area contributed by atoms with Crippen molar-refractivity contribution in [2.24, 2.45) is 0 Å². The number of halogens is 17. The smallest absolute Gasteiger partial charge is 0.393 e. The highest BCUT2D eigenvalue weighted by molar-refractivity contribution is 5.06. The van der Waals surface area contributed by atoms with Gasteiger partial charge in [-0.05, 0) is 0 Å². The van der Waals surface area contributed by atoms with Crippen molar-refractivity contribution >= 4 is 0 Å². The lowest BCUT2D eigenvalue weighted by molar-refractivity contribution is -0.508. The Morgan fingerprint density at radius 2 is 0.833 bits per heavy atom. The third-order valence-electron chi connectivity index (χ3n) is 3.17. The minimum absolute atomic E-state index is 1.60. The van der Waals surface area contributed by atoms with Crippen molar-refractivity contribution in [2.75, 3.05) is 6.61 Å². The summed E-state index contributed by atoms with van der Waals surface area (Å²) in [5.74, 6) is -39.1. The maximum Gasteiger partial charge on any atom is 0.460 e. The number of alkyl halides is 17. The van der Waals surface area contributed by atoms with E-state index in [2.05, 4.69) is 0 Å². The van der Waals surface area contributed by atoms with Crippen LogP contribution in [0, 0.1) is 0 Å². The molecule has 0 amide bonds. The molecule has 0 bridgehead atoms. The van der Waals surface area contributed by atoms with Gasteiger partial charge in [0, 0.05) is 0 Å². The fraction of sp³-hybridized carbons (Fsp3) is 1.00. The van der Waals surface area contributed by atoms with Crippen LogP contribution < -0.4 is 0 Å². The second-order valence-corrected chi connectivity index (χ2v) is 5.26. The SMILES string of the molecule is OCC(O)C(F)(OC(F)(F)C(F)(F)C(F)(F)C(F)(F)F)C(F)(F)C(F)(F)C(F)(F)F. The molecule has 2 atom stereocenters. The molecular weight excluding hydrogens is 491 g/mol. The Kier molecular flexibility index (Phi) is 7.06. The zero-order valence-corrected chi connectivity index (χ0v) is 13.0. The van der Waals surface area contributed by atoms with E-state index in [9.17, 15) is 74.6 Å². The van der Waals surface area contributed by atoms with Crippen LogP contribution in [-0.4, -0.2) is 70.9 Å². The number of aliphatic hydroxyl groups is 2. The van der Waals surface area contributed by atoms with Crippen molar-refractivity contribution < 1.29 is 89.6 Å². The molecular formula is C10H5F17O3. The van der Waals surface area contributed by atoms with E-state index in [0.717, 1.165) is 0 Å². The summed E-state index contributed by atoms with van der Waals surface area (Å²) in [4.78, 5) is 0. The molecule has 0 spiro atoms. The quantitative estimate of drug-likeness (QED) is 0.494. The predicted molar refractivity (Wildman–Crippen MR) is 54.9 cm³/mol. The highest BCUT2D eigenvalue weighted by Gasteiger charge is 2.88. The molecule has 0 heterocycles. The van der Waals surface area contributed by atoms with Gasteiger partial charge in [0.15, 0.2) is 0 Å². The normalized spacial score (nSPS) is 18.9. The van der Waals surface area contributed by atoms with Crippen molar-refractivity contribution in [3.63, 3.8) is 0 Å². The molecule has 2 unspecified atom stereocenters. The van der Waals surface area contributed by atoms with Crippen molar-refractivity contribution in [3.8, 4) is 0 Å². The molecule has 3 nitrogen and oxygen atoms in total. The van der Waals surface area contributed by atoms with E-state index in [4.69, 9.17) is 10.2 Å². The number of aliphatic hydroxyl groups excluding tert-OH is 2. The second-order valence-electron chi connectivity index (χ2n) is 5.26. The van der Waals surface area contributed by atoms with Gasteiger partial charge >= 0.3 is 48.0 Å². The third-order valence-corrected chi connectivity index (χ3v) is 3.17. The minimum Gasteiger partial charge on any atom is -0.393 e. The number of ether oxygens (including phenoxy) is 1. The second kappa shape index (κ2) is 7.38. The Labute approximate surface area is 152 Å². The molecule has 20 heteroatoms. The Balaban J connectivity index is 6.73. The van der Waals surface area contributed by atoms with Crippen LogP contribution in [0.25, 0.3) is 0 Å². The zero-order chi connectivity index (χ0) is 25.0. The van der Waals surface area contributed by atoms with E-state index < -0.39 is 60.7 Å². The van der Waals surface area contributed by atoms with Crippen LogP contribution >= 0.6 is 0 Å². The number of hydrogen-bond acceptors (Lipinski definition) is 3. The average molecular weight is 496 g/mol. The van der Waals surface area contributed by atoms with E-state index in [1.54, 1.807) is 4.74 Å². The van der Waals surface area contributed by atoms with Crippen LogP contribution in [0.2, 0.25) is 0 Å². The highest BCUT2D eigenvalue weighted by Crippen LogP contribution is 2.59. The third kappa shape index (κ3) is 3.96. The molecule has 0 saturated heterocycles. The molecule has 0 aromatic carbocycles. The van der Waals surface area contributed by atoms with Gasteiger partial charge in [0.25, 0.3) is 0 Å². The molecule has 182 valence electrons. The number of rotatable bonds is 8. The van der Waals surface area contributed by atoms with Crippen LogP contribution in [0.1, 0.15) is 0 Å². The highest BCUT2D eigenvalue weighted by atomic mass is 19.4. The lowest BCUT2D eigenvalue weighted by Crippen LogP contribution is -2.72. The maximum absolute atomic E-state index is 14.0. The molecule has 0 aromatic heterocycles. The fourth-order valence-corrected chi connectivity index (χ4v) is 1.46. The molecule has 0 rings (SSSR count). The molecule has 0 radical (unpaired) electrons. The molecule has 0 aliphatic heterocycles. The largest absolute Gasteiger partial charge is 0.460 e. The van der Waals surface area contributed by atoms with Gasteiger partial charge in [0.2, 0.25) is 0 Å². The van der Waals surface area contributed by atoms with Crippen LogP contribution in [0.15, 0.2) is 0 Å². The fourth-order valence-electron chi connectivity index (χ4n) is 1.46. The van der Waals surface area contributed by atoms with Gasteiger partial charge in [0.05, 0.1) is 6.61 Å². The van der Waals surface area contributed by atoms with E-state index >= 15 is 0 Å². The van der Waals surface area contributed by atoms with Gasteiger partial charge in [-0.2, -0.15) is 70.2 Å². The molecule has 0 aromatic rings. The molecule has 2 N–H and O–H groups in total. The zero-order valence-electron chi connectivity index (χ0n) is 13.0. The minimum atomic E-state index is -8.12. The Bertz CT molecular complexity index is 608. The van der Waals surface area contributed by atoms with Gasteiger partial charge in [0.1, 0.15) is 6.10 Å². The standard InChI is InChI=1S/C10H5F17O3/c11-3(2(29)1-28,4(12,13)5(14,15)8(20,21)22)30-10(26,27)7(18,19)6(16,17)9(23,24)25/h2,28-29H,1H2. The van der Waals surface area contributed by atoms with Crippen molar-refractivity contribution in [2.45, 2.75) is 54.1 Å². The van der Waals surface area contributed by atoms with Gasteiger partial charge in [-0.25, -0.2) is 4.39 Å². The summed E-state index contributed by atoms with van der Waals surface area (Å²) in [6, 6.07) is 0. The Hall–Kier alpha value is -1.31. The van der Waals surface area contributed by atoms with Gasteiger partial charge in [-0.15, -0.1) is 0 Å². The van der Waals surface area contributed by atoms with Crippen LogP contribution in [0.3, 0.4) is 0 Å². The Morgan fingerprint density at radius 3 is 1.10 bits per heavy atom. The lowest BCUT2D eigenvalue weighted by Gasteiger charge is -2.43. The van der Waals surface area contributed by atoms with E-state index in [1.807, 2.05) is 0 Å². The van der Waals surface area contributed by atoms with Crippen LogP contribution in [-0.2, 0) is 4.74 Å². The van der Waals surface area contributed by atoms with Crippen LogP contribution in [0.4, 0.5) is 74.6 Å². The van der Waals surface area contributed by atoms with Gasteiger partial charge < -0.3 is 10.2 Å². The van der Waals surface area contributed by atoms with E-state index in [1.165, 1.54) is 0 Å². The summed E-state index contributed by atoms with van der Waals surface area (Å²) in [5, 5.41) is 16.8. The van der Waals surface area contributed by atoms with Crippen molar-refractivity contribution in [1.82, 2.24) is 0 Å². The van der Waals surface area contributed by atoms with Gasteiger partial charge in [-0.1, -0.05) is 0 Å². The van der Waals surface area contributed by atoms with Crippen molar-refractivity contribution in [1.29, 1.82) is 0 Å². The van der Waals surface area contributed by atoms with Gasteiger partial charge in [-0.3, -0.25) is 4.74 Å². The summed E-state index contributed by atoms with van der Waals surface area (Å²) in [7, 11) is 0. The summed E-state index contributed by atoms with van der Waals surface area (Å²) in [6.07, 6.45) is -27.9. The average Bonchev–Trinajstić information content (AvgIpc) is 2.50. The summed E-state index contributed by atoms with van der Waals surface area (Å²) >= 11 is 0. The first-order chi connectivity index (χ1) is 12.7.